The Morgan fingerprint density at radius 2 is 2.14 bits per heavy atom. The van der Waals surface area contributed by atoms with Crippen LogP contribution in [-0.2, 0) is 7.05 Å². The van der Waals surface area contributed by atoms with E-state index in [2.05, 4.69) is 20.2 Å². The molecule has 0 atom stereocenters. The standard InChI is InChI=1S/C14H12N6O/c1-8-4-3-5-10-11(8)13-17-12(9-6-15-19(2)7-9)18-20(13)14(21)16-10/h3-7H,1-2H3,(H,16,21). The molecule has 0 saturated carbocycles. The second kappa shape index (κ2) is 4.02. The molecule has 3 heterocycles. The second-order valence-electron chi connectivity index (χ2n) is 5.00. The van der Waals surface area contributed by atoms with Crippen molar-refractivity contribution in [2.24, 2.45) is 7.05 Å². The molecule has 0 fully saturated rings. The third kappa shape index (κ3) is 1.67. The highest BCUT2D eigenvalue weighted by Crippen LogP contribution is 2.21. The van der Waals surface area contributed by atoms with Gasteiger partial charge in [0.1, 0.15) is 0 Å². The molecule has 0 aliphatic carbocycles. The van der Waals surface area contributed by atoms with Crippen molar-refractivity contribution in [3.05, 3.63) is 46.6 Å². The lowest BCUT2D eigenvalue weighted by Crippen LogP contribution is -2.17. The molecule has 0 aliphatic heterocycles. The first-order valence-corrected chi connectivity index (χ1v) is 6.51. The smallest absolute Gasteiger partial charge is 0.305 e. The molecule has 0 spiro atoms. The number of fused-ring (bicyclic) bond motifs is 3. The molecule has 1 N–H and O–H groups in total. The molecule has 4 aromatic rings. The fourth-order valence-corrected chi connectivity index (χ4v) is 2.51. The molecule has 7 heteroatoms. The summed E-state index contributed by atoms with van der Waals surface area (Å²) >= 11 is 0. The van der Waals surface area contributed by atoms with E-state index in [1.165, 1.54) is 4.52 Å². The van der Waals surface area contributed by atoms with Gasteiger partial charge in [-0.15, -0.1) is 5.10 Å². The van der Waals surface area contributed by atoms with Gasteiger partial charge < -0.3 is 4.98 Å². The summed E-state index contributed by atoms with van der Waals surface area (Å²) in [5, 5.41) is 9.31. The third-order valence-electron chi connectivity index (χ3n) is 3.50. The molecule has 7 nitrogen and oxygen atoms in total. The number of aromatic amines is 1. The van der Waals surface area contributed by atoms with Crippen molar-refractivity contribution < 1.29 is 0 Å². The van der Waals surface area contributed by atoms with Gasteiger partial charge in [0.05, 0.1) is 17.3 Å². The molecule has 104 valence electrons. The molecule has 0 bridgehead atoms. The van der Waals surface area contributed by atoms with Crippen molar-refractivity contribution in [2.75, 3.05) is 0 Å². The Bertz CT molecular complexity index is 1040. The number of nitrogens with one attached hydrogen (secondary N) is 1. The number of H-pyrrole nitrogens is 1. The normalized spacial score (nSPS) is 11.5. The lowest BCUT2D eigenvalue weighted by Gasteiger charge is -2.01. The Balaban J connectivity index is 2.13. The van der Waals surface area contributed by atoms with Crippen molar-refractivity contribution in [2.45, 2.75) is 6.92 Å². The Morgan fingerprint density at radius 3 is 2.90 bits per heavy atom. The van der Waals surface area contributed by atoms with E-state index in [1.54, 1.807) is 10.9 Å². The Hall–Kier alpha value is -2.96. The number of nitrogens with zero attached hydrogens (tertiary/aromatic N) is 5. The molecule has 21 heavy (non-hydrogen) atoms. The minimum absolute atomic E-state index is 0.300. The Labute approximate surface area is 118 Å². The SMILES string of the molecule is Cc1cccc2[nH]c(=O)n3nc(-c4cnn(C)c4)nc3c12. The van der Waals surface area contributed by atoms with E-state index in [-0.39, 0.29) is 5.69 Å². The van der Waals surface area contributed by atoms with Crippen LogP contribution in [-0.4, -0.2) is 29.4 Å². The van der Waals surface area contributed by atoms with Gasteiger partial charge in [-0.25, -0.2) is 9.78 Å². The molecule has 3 aromatic heterocycles. The summed E-state index contributed by atoms with van der Waals surface area (Å²) in [5.74, 6) is 0.490. The molecule has 0 saturated heterocycles. The van der Waals surface area contributed by atoms with E-state index >= 15 is 0 Å². The summed E-state index contributed by atoms with van der Waals surface area (Å²) in [6, 6.07) is 5.75. The van der Waals surface area contributed by atoms with E-state index in [9.17, 15) is 4.79 Å². The average molecular weight is 280 g/mol. The molecule has 1 aromatic carbocycles. The number of aromatic nitrogens is 6. The lowest BCUT2D eigenvalue weighted by molar-refractivity contribution is 0.768. The van der Waals surface area contributed by atoms with Gasteiger partial charge in [0.25, 0.3) is 0 Å². The van der Waals surface area contributed by atoms with Gasteiger partial charge in [-0.05, 0) is 18.6 Å². The van der Waals surface area contributed by atoms with Crippen LogP contribution >= 0.6 is 0 Å². The molecular weight excluding hydrogens is 268 g/mol. The summed E-state index contributed by atoms with van der Waals surface area (Å²) in [6.45, 7) is 1.99. The van der Waals surface area contributed by atoms with Gasteiger partial charge in [-0.3, -0.25) is 4.68 Å². The van der Waals surface area contributed by atoms with Crippen LogP contribution in [0.1, 0.15) is 5.56 Å². The summed E-state index contributed by atoms with van der Waals surface area (Å²) in [5.41, 5.74) is 2.84. The van der Waals surface area contributed by atoms with Crippen LogP contribution in [0.4, 0.5) is 0 Å². The Morgan fingerprint density at radius 1 is 1.29 bits per heavy atom. The van der Waals surface area contributed by atoms with Crippen LogP contribution < -0.4 is 5.69 Å². The van der Waals surface area contributed by atoms with E-state index in [4.69, 9.17) is 0 Å². The summed E-state index contributed by atoms with van der Waals surface area (Å²) in [4.78, 5) is 19.5. The fourth-order valence-electron chi connectivity index (χ4n) is 2.51. The first-order valence-electron chi connectivity index (χ1n) is 6.51. The summed E-state index contributed by atoms with van der Waals surface area (Å²) < 4.78 is 2.98. The van der Waals surface area contributed by atoms with Crippen LogP contribution in [0, 0.1) is 6.92 Å². The predicted molar refractivity (Wildman–Crippen MR) is 78.1 cm³/mol. The lowest BCUT2D eigenvalue weighted by atomic mass is 10.1. The van der Waals surface area contributed by atoms with Crippen molar-refractivity contribution in [3.8, 4) is 11.4 Å². The fraction of sp³-hybridized carbons (Fsp3) is 0.143. The van der Waals surface area contributed by atoms with Crippen LogP contribution in [0.15, 0.2) is 35.4 Å². The first-order chi connectivity index (χ1) is 10.1. The van der Waals surface area contributed by atoms with Gasteiger partial charge in [0, 0.05) is 18.6 Å². The third-order valence-corrected chi connectivity index (χ3v) is 3.50. The maximum atomic E-state index is 12.1. The van der Waals surface area contributed by atoms with E-state index < -0.39 is 0 Å². The first kappa shape index (κ1) is 11.8. The van der Waals surface area contributed by atoms with Crippen LogP contribution in [0.25, 0.3) is 27.9 Å². The Kier molecular flexibility index (Phi) is 2.26. The van der Waals surface area contributed by atoms with Gasteiger partial charge in [-0.1, -0.05) is 12.1 Å². The van der Waals surface area contributed by atoms with Crippen LogP contribution in [0.5, 0.6) is 0 Å². The van der Waals surface area contributed by atoms with Gasteiger partial charge in [0.2, 0.25) is 0 Å². The highest BCUT2D eigenvalue weighted by atomic mass is 16.1. The van der Waals surface area contributed by atoms with E-state index in [0.29, 0.717) is 11.5 Å². The van der Waals surface area contributed by atoms with Crippen LogP contribution in [0.2, 0.25) is 0 Å². The van der Waals surface area contributed by atoms with Gasteiger partial charge in [-0.2, -0.15) is 9.61 Å². The minimum Gasteiger partial charge on any atom is -0.305 e. The molecule has 0 radical (unpaired) electrons. The molecular formula is C14H12N6O. The number of hydrogen-bond acceptors (Lipinski definition) is 4. The molecule has 4 rings (SSSR count). The summed E-state index contributed by atoms with van der Waals surface area (Å²) in [6.07, 6.45) is 3.50. The second-order valence-corrected chi connectivity index (χ2v) is 5.00. The van der Waals surface area contributed by atoms with Crippen molar-refractivity contribution in [3.63, 3.8) is 0 Å². The average Bonchev–Trinajstić information content (AvgIpc) is 3.05. The van der Waals surface area contributed by atoms with Crippen molar-refractivity contribution in [1.29, 1.82) is 0 Å². The highest BCUT2D eigenvalue weighted by molar-refractivity contribution is 5.94. The topological polar surface area (TPSA) is 80.9 Å². The highest BCUT2D eigenvalue weighted by Gasteiger charge is 2.14. The maximum absolute atomic E-state index is 12.1. The number of aryl methyl sites for hydroxylation is 2. The van der Waals surface area contributed by atoms with Crippen molar-refractivity contribution >= 4 is 16.6 Å². The zero-order chi connectivity index (χ0) is 14.6. The maximum Gasteiger partial charge on any atom is 0.348 e. The zero-order valence-electron chi connectivity index (χ0n) is 11.5. The summed E-state index contributed by atoms with van der Waals surface area (Å²) in [7, 11) is 1.83. The van der Waals surface area contributed by atoms with E-state index in [1.807, 2.05) is 38.4 Å². The minimum atomic E-state index is -0.300. The predicted octanol–water partition coefficient (Wildman–Crippen LogP) is 1.28. The number of hydrogen-bond donors (Lipinski definition) is 1. The zero-order valence-corrected chi connectivity index (χ0v) is 11.5. The van der Waals surface area contributed by atoms with Gasteiger partial charge in [0.15, 0.2) is 11.5 Å². The number of benzene rings is 1. The van der Waals surface area contributed by atoms with Gasteiger partial charge >= 0.3 is 5.69 Å². The molecule has 0 unspecified atom stereocenters. The van der Waals surface area contributed by atoms with Crippen LogP contribution in [0.3, 0.4) is 0 Å². The molecule has 0 aliphatic rings. The largest absolute Gasteiger partial charge is 0.348 e. The van der Waals surface area contributed by atoms with Crippen molar-refractivity contribution in [1.82, 2.24) is 29.4 Å². The quantitative estimate of drug-likeness (QED) is 0.569. The van der Waals surface area contributed by atoms with E-state index in [0.717, 1.165) is 22.0 Å². The molecule has 0 amide bonds. The monoisotopic (exact) mass is 280 g/mol. The number of rotatable bonds is 1.